The third-order valence-electron chi connectivity index (χ3n) is 21.3. The molecule has 0 aliphatic heterocycles. The Kier molecular flexibility index (Phi) is 20.8. The summed E-state index contributed by atoms with van der Waals surface area (Å²) in [6.07, 6.45) is -21.2. The van der Waals surface area contributed by atoms with Crippen molar-refractivity contribution in [3.05, 3.63) is 350 Å². The third kappa shape index (κ3) is 29.1. The van der Waals surface area contributed by atoms with Gasteiger partial charge < -0.3 is 43.1 Å². The number of fused-ring (bicyclic) bond motifs is 3. The zero-order valence-electron chi connectivity index (χ0n) is 129. The molecule has 0 saturated heterocycles. The van der Waals surface area contributed by atoms with E-state index in [-0.39, 0.29) is 115 Å². The van der Waals surface area contributed by atoms with Crippen molar-refractivity contribution in [2.75, 3.05) is 78.2 Å². The molecule has 3 amide bonds. The average molecular weight is 2090 g/mol. The molecule has 12 aromatic rings. The van der Waals surface area contributed by atoms with Crippen LogP contribution in [0.15, 0.2) is 242 Å². The molecule has 0 bridgehead atoms. The van der Waals surface area contributed by atoms with Crippen LogP contribution in [0.25, 0.3) is 33.4 Å². The summed E-state index contributed by atoms with van der Waals surface area (Å²) in [6.45, 7) is -31.3. The van der Waals surface area contributed by atoms with Gasteiger partial charge in [-0.25, -0.2) is 13.2 Å². The van der Waals surface area contributed by atoms with Crippen LogP contribution in [0.2, 0.25) is 0 Å². The second-order valence-electron chi connectivity index (χ2n) is 30.8. The normalized spacial score (nSPS) is 21.2. The van der Waals surface area contributed by atoms with Gasteiger partial charge in [0.25, 0.3) is 16.7 Å². The number of carbonyl (C=O) groups is 3. The molecule has 3 aliphatic carbocycles. The fourth-order valence-corrected chi connectivity index (χ4v) is 16.6. The van der Waals surface area contributed by atoms with Gasteiger partial charge in [0, 0.05) is 124 Å². The van der Waals surface area contributed by atoms with Gasteiger partial charge in [-0.05, 0) is 249 Å². The van der Waals surface area contributed by atoms with Gasteiger partial charge in [0.05, 0.1) is 72.1 Å². The largest absolute Gasteiger partial charge is 0.416 e. The van der Waals surface area contributed by atoms with Crippen LogP contribution in [0.5, 0.6) is 0 Å². The Labute approximate surface area is 916 Å². The highest BCUT2D eigenvalue weighted by Gasteiger charge is 2.36. The van der Waals surface area contributed by atoms with E-state index in [0.29, 0.717) is 56.2 Å². The van der Waals surface area contributed by atoms with E-state index in [1.807, 2.05) is 0 Å². The molecule has 0 saturated carbocycles. The molecule has 15 rings (SSSR count). The fourth-order valence-electron chi connectivity index (χ4n) is 14.0. The summed E-state index contributed by atoms with van der Waals surface area (Å²) >= 11 is 1.40. The number of likely N-dealkylation sites (N-methyl/N-ethyl adjacent to an activating group) is 3. The van der Waals surface area contributed by atoms with Gasteiger partial charge in [0.15, 0.2) is 15.5 Å². The van der Waals surface area contributed by atoms with Crippen molar-refractivity contribution in [2.45, 2.75) is 203 Å². The first-order valence-electron chi connectivity index (χ1n) is 69.0. The summed E-state index contributed by atoms with van der Waals surface area (Å²) < 4.78 is 610. The van der Waals surface area contributed by atoms with Crippen molar-refractivity contribution in [1.82, 2.24) is 58.1 Å². The van der Waals surface area contributed by atoms with E-state index >= 15 is 9.59 Å². The van der Waals surface area contributed by atoms with Gasteiger partial charge >= 0.3 is 18.5 Å². The second kappa shape index (κ2) is 50.3. The number of hydrogen-bond donors (Lipinski definition) is 0. The molecule has 2 atom stereocenters. The summed E-state index contributed by atoms with van der Waals surface area (Å²) in [5.74, 6) is -14.0. The lowest BCUT2D eigenvalue weighted by Gasteiger charge is -2.33. The maximum atomic E-state index is 15.3. The van der Waals surface area contributed by atoms with E-state index < -0.39 is 431 Å². The molecule has 0 fully saturated rings. The van der Waals surface area contributed by atoms with Crippen LogP contribution < -0.4 is 16.7 Å². The van der Waals surface area contributed by atoms with Gasteiger partial charge in [-0.15, -0.1) is 0 Å². The third-order valence-corrected chi connectivity index (χ3v) is 24.3. The minimum atomic E-state index is -5.48. The van der Waals surface area contributed by atoms with Crippen molar-refractivity contribution in [3.8, 4) is 33.4 Å². The molecule has 3 aliphatic rings. The Bertz CT molecular complexity index is 9350. The number of carbonyl (C=O) groups excluding carboxylic acids is 3. The number of benzene rings is 9. The van der Waals surface area contributed by atoms with Crippen molar-refractivity contribution < 1.29 is 137 Å². The molecule has 144 heavy (non-hydrogen) atoms. The molecule has 33 heteroatoms. The predicted molar refractivity (Wildman–Crippen MR) is 544 cm³/mol. The van der Waals surface area contributed by atoms with Crippen LogP contribution in [0.3, 0.4) is 0 Å². The van der Waals surface area contributed by atoms with Crippen molar-refractivity contribution in [3.63, 3.8) is 0 Å². The van der Waals surface area contributed by atoms with Crippen LogP contribution in [0.1, 0.15) is 234 Å². The first kappa shape index (κ1) is 59.7. The SMILES string of the molecule is [2H]C(C)(c1ccc(-c2ccc(C(F)(F)F)cc2)cc1)N(C(=O)C([2H])([2H])n1c(SCc2ccc(F)cc2)nc(=O)c2c1CCC2)C([2H])([2H])C([2H])([2H])N(CC)CC.[2H]c1c([2H])c(CSc2nc(=O)c3c(n2C([2H])([2H])C(=O)N(CCN(C([2H])([2H])C)C([2H])([2H])C)C([2H])([2H])c2c([2H])c([2H])c(-c4c([2H])c([2H])c(C(F)(F)F)c(C)c4[2H])c([2H])c2[2H])CCC3)c([2H])c([2H])c1F.[2H]c1c([2H])c(CSc2nc(=O)c3c(n2C([2H])([2H])C(=O)N(CCN(C([2H])([2H])C)C([2H])([2H])C)C([2H])([2H])c2c([2H])c([2H])c(-c4c([2H])c([2H])c(C(F)(F)F)c([2H])c4[2H])c([2H])c2[2H])C([2H])([2H])C([2H])(C)C3([2H])[2H])c([2H])c([2H])c1F. The molecular formula is C111H120F12N12O6S3. The number of hydrogen-bond acceptors (Lipinski definition) is 15. The lowest BCUT2D eigenvalue weighted by Crippen LogP contribution is -2.42. The highest BCUT2D eigenvalue weighted by atomic mass is 32.2. The highest BCUT2D eigenvalue weighted by molar-refractivity contribution is 7.98. The smallest absolute Gasteiger partial charge is 0.336 e. The van der Waals surface area contributed by atoms with E-state index in [9.17, 15) is 89.7 Å². The number of amides is 3. The van der Waals surface area contributed by atoms with Crippen LogP contribution in [0.4, 0.5) is 52.7 Å². The molecule has 3 heterocycles. The summed E-state index contributed by atoms with van der Waals surface area (Å²) in [4.78, 5) is 99.3. The average Bonchev–Trinajstić information content (AvgIpc) is 1.51. The quantitative estimate of drug-likeness (QED) is 0.0202. The van der Waals surface area contributed by atoms with Crippen molar-refractivity contribution >= 4 is 53.0 Å². The number of halogens is 12. The lowest BCUT2D eigenvalue weighted by molar-refractivity contribution is -0.138. The monoisotopic (exact) mass is 2090 g/mol. The summed E-state index contributed by atoms with van der Waals surface area (Å²) in [6, 6.07) is -16.8. The van der Waals surface area contributed by atoms with E-state index in [2.05, 4.69) is 15.0 Å². The molecule has 0 radical (unpaired) electrons. The minimum Gasteiger partial charge on any atom is -0.336 e. The maximum absolute atomic E-state index is 15.3. The Hall–Kier alpha value is -11.9. The molecule has 762 valence electrons. The Morgan fingerprint density at radius 3 is 1.26 bits per heavy atom. The van der Waals surface area contributed by atoms with E-state index in [4.69, 9.17) is 52.1 Å². The maximum Gasteiger partial charge on any atom is 0.416 e. The summed E-state index contributed by atoms with van der Waals surface area (Å²) in [5, 5.41) is -2.01. The summed E-state index contributed by atoms with van der Waals surface area (Å²) in [5.41, 5.74) is -18.2. The molecule has 18 nitrogen and oxygen atoms in total. The first-order chi connectivity index (χ1) is 88.7. The molecule has 9 aromatic carbocycles. The molecule has 3 aromatic heterocycles. The Balaban J connectivity index is 0.000000238. The second-order valence-corrected chi connectivity index (χ2v) is 33.6. The number of aromatic nitrogens is 6. The van der Waals surface area contributed by atoms with E-state index in [1.165, 1.54) is 60.7 Å². The zero-order chi connectivity index (χ0) is 148. The highest BCUT2D eigenvalue weighted by Crippen LogP contribution is 2.39. The Morgan fingerprint density at radius 1 is 0.438 bits per heavy atom. The van der Waals surface area contributed by atoms with Gasteiger partial charge in [-0.2, -0.15) is 54.5 Å². The van der Waals surface area contributed by atoms with Gasteiger partial charge in [0.1, 0.15) is 36.9 Å². The van der Waals surface area contributed by atoms with Gasteiger partial charge in [0.2, 0.25) is 17.7 Å². The Morgan fingerprint density at radius 2 is 0.833 bits per heavy atom. The van der Waals surface area contributed by atoms with Gasteiger partial charge in [-0.1, -0.05) is 229 Å². The number of thioether (sulfide) groups is 3. The topological polar surface area (TPSA) is 175 Å². The minimum absolute atomic E-state index is 0.00418. The molecule has 2 unspecified atom stereocenters. The van der Waals surface area contributed by atoms with Crippen molar-refractivity contribution in [2.24, 2.45) is 5.89 Å². The predicted octanol–water partition coefficient (Wildman–Crippen LogP) is 22.8. The van der Waals surface area contributed by atoms with Gasteiger partial charge in [-0.3, -0.25) is 28.8 Å². The molecular weight excluding hydrogens is 1920 g/mol. The summed E-state index contributed by atoms with van der Waals surface area (Å²) in [7, 11) is 0. The van der Waals surface area contributed by atoms with Crippen LogP contribution in [0, 0.1) is 30.3 Å². The molecule has 0 spiro atoms. The number of nitrogens with zero attached hydrogens (tertiary/aromatic N) is 12. The number of rotatable bonds is 39. The van der Waals surface area contributed by atoms with E-state index in [1.54, 1.807) is 13.8 Å². The van der Waals surface area contributed by atoms with Crippen LogP contribution in [-0.4, -0.2) is 154 Å². The zero-order valence-corrected chi connectivity index (χ0v) is 80.1. The van der Waals surface area contributed by atoms with E-state index in [0.717, 1.165) is 74.9 Å². The lowest BCUT2D eigenvalue weighted by atomic mass is 9.98. The standard InChI is InChI=1S/3C37H40F4N4O2S/c1-4-43(5-2)18-19-44(22-26-6-10-28(11-7-26)29-12-14-30(15-13-29)37(39,40)41)34(46)23-45-33-21-25(3)20-32(33)35(47)42-36(45)48-24-27-8-16-31(38)17-9-27;1-4-43(5-2)21-22-44(25(3)27-11-13-28(14-12-27)29-15-17-30(18-16-29)37(39,40)41)34(46)23-45-33-8-6-7-32(33)35(47)42-36(45)48-24-26-9-19-31(38)20-10-26;1-4-43(5-2)19-20-44(22-26-9-13-28(14-10-26)29-15-18-32(25(3)21-29)37(39,40)41)34(46)23-45-33-8-6-7-31(33)35(47)42-36(45)48-24-27-11-16-30(38)17-12-27/h6-17,25H,4-5,18-24H2,1-3H3;9-20,25H,4-8,21-24H2,1-3H3;9-18,21H,4-8,19-20,22-24H2,1-3H3/i4D2,5D2,6D,7D,8D,9D,10D,11D,12D,13D,14D,15D,16D,17D,20D2,21D2,22D2,23D2,25D;21D2,22D2,23D2,25D;4D2,5D2,9D,10D,11D,12D,13D,14D,15D,16D,17D,18D,21D,22D2,23D2. The van der Waals surface area contributed by atoms with Crippen LogP contribution >= 0.6 is 35.3 Å². The fraction of sp³-hybridized carbons (Fsp3) is 0.378. The first-order valence-corrected chi connectivity index (χ1v) is 46.5. The number of alkyl halides is 9. The molecule has 0 N–H and O–H groups in total. The van der Waals surface area contributed by atoms with Crippen molar-refractivity contribution in [1.29, 1.82) is 0 Å². The van der Waals surface area contributed by atoms with Crippen LogP contribution in [-0.2, 0) is 121 Å².